The summed E-state index contributed by atoms with van der Waals surface area (Å²) in [4.78, 5) is 2.93. The van der Waals surface area contributed by atoms with Crippen LogP contribution in [0.15, 0.2) is 28.5 Å². The summed E-state index contributed by atoms with van der Waals surface area (Å²) in [6.45, 7) is 3.20. The molecule has 0 amide bonds. The number of aromatic nitrogens is 1. The Balaban J connectivity index is 2.67. The van der Waals surface area contributed by atoms with E-state index in [1.165, 1.54) is 0 Å². The van der Waals surface area contributed by atoms with Crippen molar-refractivity contribution in [2.24, 2.45) is 10.2 Å². The molecule has 0 unspecified atom stereocenters. The Hall–Kier alpha value is -1.38. The fourth-order valence-electron chi connectivity index (χ4n) is 0.528. The van der Waals surface area contributed by atoms with Crippen LogP contribution in [0.4, 0.5) is 0 Å². The van der Waals surface area contributed by atoms with E-state index in [-0.39, 0.29) is 0 Å². The average molecular weight is 121 g/mol. The number of hydrogen-bond donors (Lipinski definition) is 1. The van der Waals surface area contributed by atoms with Crippen LogP contribution in [-0.2, 0) is 0 Å². The van der Waals surface area contributed by atoms with Crippen LogP contribution in [0.5, 0.6) is 0 Å². The molecule has 0 fully saturated rings. The van der Waals surface area contributed by atoms with E-state index in [9.17, 15) is 0 Å². The van der Waals surface area contributed by atoms with Crippen LogP contribution in [0.2, 0.25) is 0 Å². The Morgan fingerprint density at radius 1 is 1.67 bits per heavy atom. The number of rotatable bonds is 2. The molecule has 1 aromatic heterocycles. The molecule has 1 heterocycles. The number of nitrogens with one attached hydrogen (secondary N) is 1. The fourth-order valence-corrected chi connectivity index (χ4v) is 0.528. The minimum Gasteiger partial charge on any atom is -0.360 e. The first-order valence-corrected chi connectivity index (χ1v) is 2.56. The molecule has 0 aliphatic rings. The van der Waals surface area contributed by atoms with Crippen molar-refractivity contribution in [2.75, 3.05) is 0 Å². The monoisotopic (exact) mass is 121 g/mol. The molecule has 0 aliphatic heterocycles. The lowest BCUT2D eigenvalue weighted by molar-refractivity contribution is 1.26. The normalized spacial score (nSPS) is 10.2. The van der Waals surface area contributed by atoms with E-state index in [0.29, 0.717) is 0 Å². The van der Waals surface area contributed by atoms with Gasteiger partial charge in [0.15, 0.2) is 0 Å². The van der Waals surface area contributed by atoms with Crippen LogP contribution in [0, 0.1) is 0 Å². The summed E-state index contributed by atoms with van der Waals surface area (Å²) in [5.74, 6) is 0. The molecule has 0 aromatic carbocycles. The van der Waals surface area contributed by atoms with Crippen molar-refractivity contribution in [3.63, 3.8) is 0 Å². The van der Waals surface area contributed by atoms with Gasteiger partial charge in [0.05, 0.1) is 11.9 Å². The lowest BCUT2D eigenvalue weighted by Crippen LogP contribution is -1.75. The second-order valence-corrected chi connectivity index (χ2v) is 1.51. The van der Waals surface area contributed by atoms with Crippen molar-refractivity contribution in [1.82, 2.24) is 4.98 Å². The van der Waals surface area contributed by atoms with E-state index in [1.54, 1.807) is 6.21 Å². The van der Waals surface area contributed by atoms with Gasteiger partial charge in [-0.25, -0.2) is 0 Å². The fraction of sp³-hybridized carbons (Fsp3) is 0. The predicted octanol–water partition coefficient (Wildman–Crippen LogP) is 1.05. The third-order valence-corrected chi connectivity index (χ3v) is 0.900. The SMILES string of the molecule is C=NN=Cc1ccc[nH]1. The lowest BCUT2D eigenvalue weighted by Gasteiger charge is -1.77. The van der Waals surface area contributed by atoms with Gasteiger partial charge in [0.1, 0.15) is 0 Å². The van der Waals surface area contributed by atoms with Crippen molar-refractivity contribution in [2.45, 2.75) is 0 Å². The maximum Gasteiger partial charge on any atom is 0.0730 e. The van der Waals surface area contributed by atoms with E-state index >= 15 is 0 Å². The third kappa shape index (κ3) is 1.53. The summed E-state index contributed by atoms with van der Waals surface area (Å²) in [6.07, 6.45) is 3.43. The smallest absolute Gasteiger partial charge is 0.0730 e. The molecule has 1 aromatic rings. The van der Waals surface area contributed by atoms with E-state index in [0.717, 1.165) is 5.69 Å². The van der Waals surface area contributed by atoms with Crippen LogP contribution in [0.1, 0.15) is 5.69 Å². The molecule has 0 radical (unpaired) electrons. The number of hydrogen-bond acceptors (Lipinski definition) is 2. The summed E-state index contributed by atoms with van der Waals surface area (Å²) in [6, 6.07) is 3.79. The van der Waals surface area contributed by atoms with Crippen molar-refractivity contribution in [3.05, 3.63) is 24.0 Å². The Morgan fingerprint density at radius 2 is 2.56 bits per heavy atom. The minimum atomic E-state index is 0.933. The van der Waals surface area contributed by atoms with Gasteiger partial charge in [-0.3, -0.25) is 0 Å². The highest BCUT2D eigenvalue weighted by Gasteiger charge is 1.81. The molecule has 0 atom stereocenters. The number of nitrogens with zero attached hydrogens (tertiary/aromatic N) is 2. The topological polar surface area (TPSA) is 40.5 Å². The molecule has 0 spiro atoms. The van der Waals surface area contributed by atoms with Crippen molar-refractivity contribution >= 4 is 12.9 Å². The van der Waals surface area contributed by atoms with Crippen molar-refractivity contribution in [1.29, 1.82) is 0 Å². The van der Waals surface area contributed by atoms with E-state index < -0.39 is 0 Å². The number of H-pyrrole nitrogens is 1. The molecule has 0 saturated heterocycles. The Kier molecular flexibility index (Phi) is 1.80. The zero-order chi connectivity index (χ0) is 6.53. The molecule has 1 N–H and O–H groups in total. The van der Waals surface area contributed by atoms with Gasteiger partial charge in [-0.05, 0) is 12.1 Å². The molecule has 46 valence electrons. The Morgan fingerprint density at radius 3 is 3.11 bits per heavy atom. The van der Waals surface area contributed by atoms with Gasteiger partial charge in [-0.1, -0.05) is 0 Å². The van der Waals surface area contributed by atoms with Gasteiger partial charge >= 0.3 is 0 Å². The first-order chi connectivity index (χ1) is 4.43. The highest BCUT2D eigenvalue weighted by molar-refractivity contribution is 5.76. The quantitative estimate of drug-likeness (QED) is 0.449. The lowest BCUT2D eigenvalue weighted by atomic mass is 10.5. The first kappa shape index (κ1) is 5.75. The highest BCUT2D eigenvalue weighted by atomic mass is 15.2. The molecule has 3 heteroatoms. The van der Waals surface area contributed by atoms with Gasteiger partial charge < -0.3 is 4.98 Å². The van der Waals surface area contributed by atoms with Crippen LogP contribution < -0.4 is 0 Å². The van der Waals surface area contributed by atoms with Gasteiger partial charge in [-0.15, -0.1) is 0 Å². The van der Waals surface area contributed by atoms with Crippen LogP contribution in [-0.4, -0.2) is 17.9 Å². The van der Waals surface area contributed by atoms with Crippen LogP contribution in [0.3, 0.4) is 0 Å². The number of aromatic amines is 1. The summed E-state index contributed by atoms with van der Waals surface area (Å²) in [7, 11) is 0. The van der Waals surface area contributed by atoms with Crippen LogP contribution in [0.25, 0.3) is 0 Å². The molecule has 0 aliphatic carbocycles. The van der Waals surface area contributed by atoms with Crippen LogP contribution >= 0.6 is 0 Å². The standard InChI is InChI=1S/C6H7N3/c1-7-9-5-6-3-2-4-8-6/h2-5,8H,1H2. The highest BCUT2D eigenvalue weighted by Crippen LogP contribution is 1.88. The second-order valence-electron chi connectivity index (χ2n) is 1.51. The van der Waals surface area contributed by atoms with Crippen molar-refractivity contribution < 1.29 is 0 Å². The summed E-state index contributed by atoms with van der Waals surface area (Å²) < 4.78 is 0. The molecule has 1 rings (SSSR count). The van der Waals surface area contributed by atoms with Crippen molar-refractivity contribution in [3.8, 4) is 0 Å². The maximum absolute atomic E-state index is 3.57. The van der Waals surface area contributed by atoms with E-state index in [1.807, 2.05) is 18.3 Å². The van der Waals surface area contributed by atoms with Gasteiger partial charge in [0, 0.05) is 12.9 Å². The molecule has 0 saturated carbocycles. The van der Waals surface area contributed by atoms with Gasteiger partial charge in [0.25, 0.3) is 0 Å². The van der Waals surface area contributed by atoms with E-state index in [2.05, 4.69) is 21.9 Å². The summed E-state index contributed by atoms with van der Waals surface area (Å²) in [5, 5.41) is 6.88. The van der Waals surface area contributed by atoms with Gasteiger partial charge in [0.2, 0.25) is 0 Å². The molecule has 0 bridgehead atoms. The van der Waals surface area contributed by atoms with E-state index in [4.69, 9.17) is 0 Å². The minimum absolute atomic E-state index is 0.933. The zero-order valence-corrected chi connectivity index (χ0v) is 4.91. The Bertz CT molecular complexity index is 198. The molecule has 9 heavy (non-hydrogen) atoms. The first-order valence-electron chi connectivity index (χ1n) is 2.56. The molecular formula is C6H7N3. The second kappa shape index (κ2) is 2.81. The summed E-state index contributed by atoms with van der Waals surface area (Å²) >= 11 is 0. The molecule has 3 nitrogen and oxygen atoms in total. The van der Waals surface area contributed by atoms with Gasteiger partial charge in [-0.2, -0.15) is 10.2 Å². The zero-order valence-electron chi connectivity index (χ0n) is 4.91. The average Bonchev–Trinajstić information content (AvgIpc) is 2.34. The Labute approximate surface area is 53.1 Å². The molecular weight excluding hydrogens is 114 g/mol. The maximum atomic E-state index is 3.57. The predicted molar refractivity (Wildman–Crippen MR) is 37.9 cm³/mol. The third-order valence-electron chi connectivity index (χ3n) is 0.900. The summed E-state index contributed by atoms with van der Waals surface area (Å²) in [5.41, 5.74) is 0.933. The largest absolute Gasteiger partial charge is 0.360 e.